The minimum Gasteiger partial charge on any atom is -0.442 e. The summed E-state index contributed by atoms with van der Waals surface area (Å²) < 4.78 is 8.56. The zero-order chi connectivity index (χ0) is 14.2. The summed E-state index contributed by atoms with van der Waals surface area (Å²) in [6.45, 7) is 5.52. The van der Waals surface area contributed by atoms with E-state index >= 15 is 0 Å². The average Bonchev–Trinajstić information content (AvgIpc) is 2.61. The second kappa shape index (κ2) is 5.35. The molecule has 102 valence electrons. The largest absolute Gasteiger partial charge is 0.442 e. The first-order valence-corrected chi connectivity index (χ1v) is 7.51. The van der Waals surface area contributed by atoms with Gasteiger partial charge in [0.25, 0.3) is 0 Å². The van der Waals surface area contributed by atoms with Crippen LogP contribution < -0.4 is 0 Å². The fourth-order valence-corrected chi connectivity index (χ4v) is 2.41. The molecule has 2 heterocycles. The van der Waals surface area contributed by atoms with Crippen LogP contribution in [0, 0.1) is 9.12 Å². The van der Waals surface area contributed by atoms with Gasteiger partial charge in [-0.1, -0.05) is 0 Å². The predicted octanol–water partition coefficient (Wildman–Crippen LogP) is 3.35. The Hall–Kier alpha value is -0.700. The average molecular weight is 438 g/mol. The zero-order valence-electron chi connectivity index (χ0n) is 10.8. The van der Waals surface area contributed by atoms with Crippen LogP contribution in [0.3, 0.4) is 0 Å². The quantitative estimate of drug-likeness (QED) is 0.534. The van der Waals surface area contributed by atoms with Gasteiger partial charge in [-0.25, -0.2) is 9.67 Å². The molecule has 0 fully saturated rings. The number of aromatic nitrogens is 3. The zero-order valence-corrected chi connectivity index (χ0v) is 14.5. The maximum atomic E-state index is 11.7. The van der Waals surface area contributed by atoms with Crippen LogP contribution in [0.5, 0.6) is 0 Å². The van der Waals surface area contributed by atoms with E-state index in [-0.39, 0.29) is 12.7 Å². The van der Waals surface area contributed by atoms with E-state index in [1.54, 1.807) is 10.9 Å². The summed E-state index contributed by atoms with van der Waals surface area (Å²) in [4.78, 5) is 16.0. The van der Waals surface area contributed by atoms with E-state index in [4.69, 9.17) is 4.74 Å². The van der Waals surface area contributed by atoms with E-state index in [9.17, 15) is 4.79 Å². The van der Waals surface area contributed by atoms with Gasteiger partial charge in [-0.2, -0.15) is 5.10 Å². The molecule has 2 aromatic heterocycles. The van der Waals surface area contributed by atoms with Crippen molar-refractivity contribution in [3.63, 3.8) is 0 Å². The lowest BCUT2D eigenvalue weighted by Crippen LogP contribution is -2.24. The molecule has 0 radical (unpaired) electrons. The Balaban J connectivity index is 2.25. The Morgan fingerprint density at radius 3 is 2.84 bits per heavy atom. The van der Waals surface area contributed by atoms with Crippen molar-refractivity contribution in [1.29, 1.82) is 0 Å². The molecule has 0 aliphatic rings. The van der Waals surface area contributed by atoms with Crippen molar-refractivity contribution < 1.29 is 9.53 Å². The molecule has 5 nitrogen and oxygen atoms in total. The number of hydrogen-bond acceptors (Lipinski definition) is 4. The maximum Gasteiger partial charge on any atom is 0.313 e. The summed E-state index contributed by atoms with van der Waals surface area (Å²) in [5.74, 6) is -0.261. The van der Waals surface area contributed by atoms with Crippen molar-refractivity contribution in [2.75, 3.05) is 0 Å². The third-order valence-electron chi connectivity index (χ3n) is 2.44. The van der Waals surface area contributed by atoms with Gasteiger partial charge in [0.15, 0.2) is 12.4 Å². The van der Waals surface area contributed by atoms with Crippen LogP contribution in [0.15, 0.2) is 16.7 Å². The fraction of sp³-hybridized carbons (Fsp3) is 0.417. The first-order valence-electron chi connectivity index (χ1n) is 5.64. The number of ether oxygens (including phenoxy) is 1. The molecular weight excluding hydrogens is 425 g/mol. The second-order valence-electron chi connectivity index (χ2n) is 5.13. The molecule has 0 N–H and O–H groups in total. The SMILES string of the molecule is CC(C)(C)C(=O)OCn1nc(I)c2cc(Br)cnc21. The van der Waals surface area contributed by atoms with E-state index in [2.05, 4.69) is 48.6 Å². The van der Waals surface area contributed by atoms with Gasteiger partial charge >= 0.3 is 5.97 Å². The maximum absolute atomic E-state index is 11.7. The monoisotopic (exact) mass is 437 g/mol. The van der Waals surface area contributed by atoms with Crippen LogP contribution in [0.1, 0.15) is 20.8 Å². The van der Waals surface area contributed by atoms with E-state index < -0.39 is 5.41 Å². The smallest absolute Gasteiger partial charge is 0.313 e. The van der Waals surface area contributed by atoms with E-state index in [1.807, 2.05) is 26.8 Å². The Kier molecular flexibility index (Phi) is 4.14. The molecule has 0 unspecified atom stereocenters. The van der Waals surface area contributed by atoms with Crippen LogP contribution in [0.2, 0.25) is 0 Å². The molecule has 0 aromatic carbocycles. The summed E-state index contributed by atoms with van der Waals surface area (Å²) in [5, 5.41) is 5.26. The number of carbonyl (C=O) groups excluding carboxylic acids is 1. The standard InChI is InChI=1S/C12H13BrIN3O2/c1-12(2,3)11(18)19-6-17-10-8(9(14)16-17)4-7(13)5-15-10/h4-5H,6H2,1-3H3. The first kappa shape index (κ1) is 14.7. The number of hydrogen-bond donors (Lipinski definition) is 0. The summed E-state index contributed by atoms with van der Waals surface area (Å²) >= 11 is 5.51. The minimum absolute atomic E-state index is 0.0736. The van der Waals surface area contributed by atoms with Gasteiger partial charge in [0, 0.05) is 10.7 Å². The molecule has 0 spiro atoms. The fourth-order valence-electron chi connectivity index (χ4n) is 1.42. The van der Waals surface area contributed by atoms with E-state index in [0.29, 0.717) is 5.65 Å². The minimum atomic E-state index is -0.521. The number of fused-ring (bicyclic) bond motifs is 1. The number of carbonyl (C=O) groups is 1. The Bertz CT molecular complexity index is 634. The Morgan fingerprint density at radius 1 is 1.53 bits per heavy atom. The van der Waals surface area contributed by atoms with Gasteiger partial charge in [-0.3, -0.25) is 4.79 Å². The van der Waals surface area contributed by atoms with Gasteiger partial charge < -0.3 is 4.74 Å². The highest BCUT2D eigenvalue weighted by molar-refractivity contribution is 14.1. The number of esters is 1. The topological polar surface area (TPSA) is 57.0 Å². The lowest BCUT2D eigenvalue weighted by atomic mass is 9.98. The van der Waals surface area contributed by atoms with Crippen molar-refractivity contribution in [3.05, 3.63) is 20.4 Å². The van der Waals surface area contributed by atoms with Crippen LogP contribution in [0.25, 0.3) is 11.0 Å². The summed E-state index contributed by atoms with van der Waals surface area (Å²) in [6.07, 6.45) is 1.70. The van der Waals surface area contributed by atoms with Crippen molar-refractivity contribution >= 4 is 55.5 Å². The van der Waals surface area contributed by atoms with Crippen LogP contribution in [0.4, 0.5) is 0 Å². The molecular formula is C12H13BrIN3O2. The normalized spacial score (nSPS) is 11.8. The van der Waals surface area contributed by atoms with Gasteiger partial charge in [0.1, 0.15) is 3.70 Å². The molecule has 0 bridgehead atoms. The third kappa shape index (κ3) is 3.25. The van der Waals surface area contributed by atoms with Crippen molar-refractivity contribution in [1.82, 2.24) is 14.8 Å². The van der Waals surface area contributed by atoms with Crippen LogP contribution in [-0.2, 0) is 16.3 Å². The van der Waals surface area contributed by atoms with E-state index in [1.165, 1.54) is 0 Å². The molecule has 0 amide bonds. The van der Waals surface area contributed by atoms with Gasteiger partial charge in [0.2, 0.25) is 0 Å². The summed E-state index contributed by atoms with van der Waals surface area (Å²) in [5.41, 5.74) is 0.182. The molecule has 19 heavy (non-hydrogen) atoms. The number of nitrogens with zero attached hydrogens (tertiary/aromatic N) is 3. The van der Waals surface area contributed by atoms with Gasteiger partial charge in [-0.05, 0) is 65.4 Å². The number of rotatable bonds is 2. The highest BCUT2D eigenvalue weighted by atomic mass is 127. The molecule has 0 saturated heterocycles. The Morgan fingerprint density at radius 2 is 2.21 bits per heavy atom. The van der Waals surface area contributed by atoms with Crippen molar-refractivity contribution in [2.24, 2.45) is 5.41 Å². The molecule has 0 aliphatic carbocycles. The molecule has 2 aromatic rings. The predicted molar refractivity (Wildman–Crippen MR) is 83.5 cm³/mol. The summed E-state index contributed by atoms with van der Waals surface area (Å²) in [6, 6.07) is 1.94. The second-order valence-corrected chi connectivity index (χ2v) is 7.06. The lowest BCUT2D eigenvalue weighted by Gasteiger charge is -2.16. The molecule has 0 aliphatic heterocycles. The van der Waals surface area contributed by atoms with Crippen molar-refractivity contribution in [2.45, 2.75) is 27.5 Å². The van der Waals surface area contributed by atoms with E-state index in [0.717, 1.165) is 13.6 Å². The van der Waals surface area contributed by atoms with Gasteiger partial charge in [-0.15, -0.1) is 0 Å². The highest BCUT2D eigenvalue weighted by Crippen LogP contribution is 2.22. The van der Waals surface area contributed by atoms with Crippen LogP contribution in [-0.4, -0.2) is 20.7 Å². The molecule has 2 rings (SSSR count). The summed E-state index contributed by atoms with van der Waals surface area (Å²) in [7, 11) is 0. The lowest BCUT2D eigenvalue weighted by molar-refractivity contribution is -0.157. The van der Waals surface area contributed by atoms with Crippen LogP contribution >= 0.6 is 38.5 Å². The molecule has 7 heteroatoms. The molecule has 0 saturated carbocycles. The number of halogens is 2. The first-order chi connectivity index (χ1) is 8.79. The highest BCUT2D eigenvalue weighted by Gasteiger charge is 2.23. The Labute approximate surface area is 133 Å². The van der Waals surface area contributed by atoms with Gasteiger partial charge in [0.05, 0.1) is 10.8 Å². The number of pyridine rings is 1. The third-order valence-corrected chi connectivity index (χ3v) is 3.67. The molecule has 0 atom stereocenters. The van der Waals surface area contributed by atoms with Crippen molar-refractivity contribution in [3.8, 4) is 0 Å².